The summed E-state index contributed by atoms with van der Waals surface area (Å²) in [7, 11) is 0. The molecule has 1 aromatic rings. The fraction of sp³-hybridized carbons (Fsp3) is 0.286. The van der Waals surface area contributed by atoms with Crippen LogP contribution in [0, 0.1) is 0 Å². The molecule has 0 fully saturated rings. The van der Waals surface area contributed by atoms with Gasteiger partial charge < -0.3 is 10.1 Å². The van der Waals surface area contributed by atoms with Gasteiger partial charge in [0.1, 0.15) is 0 Å². The predicted molar refractivity (Wildman–Crippen MR) is 37.1 cm³/mol. The molecule has 0 atom stereocenters. The normalized spacial score (nSPS) is 9.70. The molecule has 0 aliphatic heterocycles. The van der Waals surface area contributed by atoms with Gasteiger partial charge in [0, 0.05) is 11.9 Å². The molecule has 0 spiro atoms. The molecule has 0 aliphatic rings. The van der Waals surface area contributed by atoms with Crippen molar-refractivity contribution in [3.8, 4) is 0 Å². The number of nitrogens with one attached hydrogen (secondary N) is 1. The Balaban J connectivity index is 2.88. The molecule has 1 aromatic heterocycles. The fourth-order valence-corrected chi connectivity index (χ4v) is 0.769. The van der Waals surface area contributed by atoms with E-state index in [1.165, 1.54) is 6.20 Å². The van der Waals surface area contributed by atoms with Gasteiger partial charge in [0.05, 0.1) is 5.56 Å². The Bertz CT molecular complexity index is 240. The van der Waals surface area contributed by atoms with Crippen LogP contribution < -0.4 is 0 Å². The maximum absolute atomic E-state index is 10.3. The zero-order chi connectivity index (χ0) is 7.56. The van der Waals surface area contributed by atoms with Crippen LogP contribution in [0.3, 0.4) is 0 Å². The molecule has 3 nitrogen and oxygen atoms in total. The van der Waals surface area contributed by atoms with E-state index >= 15 is 0 Å². The van der Waals surface area contributed by atoms with E-state index in [0.29, 0.717) is 5.56 Å². The topological polar surface area (TPSA) is 53.1 Å². The average Bonchev–Trinajstić information content (AvgIpc) is 2.34. The first-order valence-electron chi connectivity index (χ1n) is 3.14. The molecule has 2 N–H and O–H groups in total. The minimum Gasteiger partial charge on any atom is -0.478 e. The smallest absolute Gasteiger partial charge is 0.337 e. The number of carboxylic acid groups (broad SMARTS) is 1. The lowest BCUT2D eigenvalue weighted by atomic mass is 10.3. The second-order valence-corrected chi connectivity index (χ2v) is 2.07. The lowest BCUT2D eigenvalue weighted by molar-refractivity contribution is 0.0697. The number of aromatic amines is 1. The molecular formula is C7H9NO2. The number of H-pyrrole nitrogens is 1. The van der Waals surface area contributed by atoms with Gasteiger partial charge in [-0.15, -0.1) is 0 Å². The lowest BCUT2D eigenvalue weighted by Crippen LogP contribution is -1.91. The Hall–Kier alpha value is -1.25. The molecule has 0 bridgehead atoms. The second kappa shape index (κ2) is 2.56. The molecular weight excluding hydrogens is 130 g/mol. The monoisotopic (exact) mass is 139 g/mol. The predicted octanol–water partition coefficient (Wildman–Crippen LogP) is 1.28. The summed E-state index contributed by atoms with van der Waals surface area (Å²) in [6.45, 7) is 1.97. The van der Waals surface area contributed by atoms with Crippen molar-refractivity contribution < 1.29 is 9.90 Å². The Kier molecular flexibility index (Phi) is 1.76. The Morgan fingerprint density at radius 1 is 1.80 bits per heavy atom. The quantitative estimate of drug-likeness (QED) is 0.648. The molecule has 54 valence electrons. The Labute approximate surface area is 58.7 Å². The van der Waals surface area contributed by atoms with Crippen molar-refractivity contribution in [2.45, 2.75) is 13.3 Å². The zero-order valence-electron chi connectivity index (χ0n) is 5.72. The number of aromatic nitrogens is 1. The third kappa shape index (κ3) is 1.18. The van der Waals surface area contributed by atoms with Crippen molar-refractivity contribution in [1.29, 1.82) is 0 Å². The number of hydrogen-bond acceptors (Lipinski definition) is 1. The van der Waals surface area contributed by atoms with Crippen LogP contribution >= 0.6 is 0 Å². The maximum atomic E-state index is 10.3. The second-order valence-electron chi connectivity index (χ2n) is 2.07. The van der Waals surface area contributed by atoms with E-state index in [-0.39, 0.29) is 0 Å². The van der Waals surface area contributed by atoms with Crippen LogP contribution in [0.5, 0.6) is 0 Å². The number of rotatable bonds is 2. The van der Waals surface area contributed by atoms with Crippen molar-refractivity contribution in [2.75, 3.05) is 0 Å². The maximum Gasteiger partial charge on any atom is 0.337 e. The van der Waals surface area contributed by atoms with Gasteiger partial charge in [-0.25, -0.2) is 4.79 Å². The van der Waals surface area contributed by atoms with Crippen molar-refractivity contribution >= 4 is 5.97 Å². The molecule has 0 unspecified atom stereocenters. The van der Waals surface area contributed by atoms with Gasteiger partial charge in [0.25, 0.3) is 0 Å². The molecule has 0 saturated carbocycles. The van der Waals surface area contributed by atoms with Gasteiger partial charge in [-0.05, 0) is 12.5 Å². The summed E-state index contributed by atoms with van der Waals surface area (Å²) in [5.74, 6) is -0.879. The minimum absolute atomic E-state index is 0.330. The van der Waals surface area contributed by atoms with Crippen LogP contribution in [0.15, 0.2) is 12.3 Å². The van der Waals surface area contributed by atoms with Crippen LogP contribution in [0.1, 0.15) is 23.0 Å². The molecule has 10 heavy (non-hydrogen) atoms. The van der Waals surface area contributed by atoms with E-state index in [1.807, 2.05) is 6.92 Å². The summed E-state index contributed by atoms with van der Waals surface area (Å²) in [6.07, 6.45) is 2.34. The first kappa shape index (κ1) is 6.86. The van der Waals surface area contributed by atoms with Crippen LogP contribution in [-0.4, -0.2) is 16.1 Å². The lowest BCUT2D eigenvalue weighted by Gasteiger charge is -1.83. The number of hydrogen-bond donors (Lipinski definition) is 2. The highest BCUT2D eigenvalue weighted by molar-refractivity contribution is 5.87. The van der Waals surface area contributed by atoms with Crippen molar-refractivity contribution in [1.82, 2.24) is 4.98 Å². The Morgan fingerprint density at radius 2 is 2.50 bits per heavy atom. The van der Waals surface area contributed by atoms with E-state index < -0.39 is 5.97 Å². The highest BCUT2D eigenvalue weighted by Crippen LogP contribution is 2.02. The highest BCUT2D eigenvalue weighted by Gasteiger charge is 2.03. The minimum atomic E-state index is -0.879. The largest absolute Gasteiger partial charge is 0.478 e. The summed E-state index contributed by atoms with van der Waals surface area (Å²) in [5.41, 5.74) is 1.29. The van der Waals surface area contributed by atoms with Gasteiger partial charge in [0.2, 0.25) is 0 Å². The summed E-state index contributed by atoms with van der Waals surface area (Å²) in [6, 6.07) is 1.64. The fourth-order valence-electron chi connectivity index (χ4n) is 0.769. The van der Waals surface area contributed by atoms with E-state index in [1.54, 1.807) is 6.07 Å². The number of aromatic carboxylic acids is 1. The average molecular weight is 139 g/mol. The summed E-state index contributed by atoms with van der Waals surface area (Å²) < 4.78 is 0. The molecule has 1 rings (SSSR count). The molecule has 3 heteroatoms. The standard InChI is InChI=1S/C7H9NO2/c1-2-6-3-5(4-8-6)7(9)10/h3-4,8H,2H2,1H3,(H,9,10). The van der Waals surface area contributed by atoms with Gasteiger partial charge in [-0.3, -0.25) is 0 Å². The molecule has 0 aliphatic carbocycles. The SMILES string of the molecule is CCc1cc(C(=O)O)c[nH]1. The van der Waals surface area contributed by atoms with Gasteiger partial charge in [-0.1, -0.05) is 6.92 Å². The van der Waals surface area contributed by atoms with E-state index in [9.17, 15) is 4.79 Å². The van der Waals surface area contributed by atoms with Gasteiger partial charge in [-0.2, -0.15) is 0 Å². The molecule has 0 radical (unpaired) electrons. The van der Waals surface area contributed by atoms with E-state index in [0.717, 1.165) is 12.1 Å². The first-order valence-corrected chi connectivity index (χ1v) is 3.14. The zero-order valence-corrected chi connectivity index (χ0v) is 5.72. The summed E-state index contributed by atoms with van der Waals surface area (Å²) >= 11 is 0. The van der Waals surface area contributed by atoms with Crippen molar-refractivity contribution in [3.05, 3.63) is 23.5 Å². The van der Waals surface area contributed by atoms with Crippen LogP contribution in [0.2, 0.25) is 0 Å². The molecule has 1 heterocycles. The highest BCUT2D eigenvalue weighted by atomic mass is 16.4. The van der Waals surface area contributed by atoms with E-state index in [2.05, 4.69) is 4.98 Å². The van der Waals surface area contributed by atoms with Gasteiger partial charge >= 0.3 is 5.97 Å². The number of carbonyl (C=O) groups is 1. The number of aryl methyl sites for hydroxylation is 1. The first-order chi connectivity index (χ1) is 4.74. The summed E-state index contributed by atoms with van der Waals surface area (Å²) in [5, 5.41) is 8.47. The van der Waals surface area contributed by atoms with Crippen molar-refractivity contribution in [3.63, 3.8) is 0 Å². The van der Waals surface area contributed by atoms with Crippen LogP contribution in [0.4, 0.5) is 0 Å². The van der Waals surface area contributed by atoms with Crippen LogP contribution in [-0.2, 0) is 6.42 Å². The molecule has 0 saturated heterocycles. The van der Waals surface area contributed by atoms with Crippen molar-refractivity contribution in [2.24, 2.45) is 0 Å². The van der Waals surface area contributed by atoms with Crippen LogP contribution in [0.25, 0.3) is 0 Å². The third-order valence-corrected chi connectivity index (χ3v) is 1.37. The molecule has 0 aromatic carbocycles. The molecule has 0 amide bonds. The number of carboxylic acids is 1. The Morgan fingerprint density at radius 3 is 2.80 bits per heavy atom. The van der Waals surface area contributed by atoms with Gasteiger partial charge in [0.15, 0.2) is 0 Å². The van der Waals surface area contributed by atoms with E-state index in [4.69, 9.17) is 5.11 Å². The third-order valence-electron chi connectivity index (χ3n) is 1.37. The summed E-state index contributed by atoms with van der Waals surface area (Å²) in [4.78, 5) is 13.2.